The molecule has 0 radical (unpaired) electrons. The number of carbonyl (C=O) groups is 2. The number of carboxylic acid groups (broad SMARTS) is 1. The van der Waals surface area contributed by atoms with E-state index in [4.69, 9.17) is 0 Å². The fourth-order valence-corrected chi connectivity index (χ4v) is 4.17. The first-order chi connectivity index (χ1) is 11.8. The van der Waals surface area contributed by atoms with E-state index in [9.17, 15) is 27.9 Å². The number of carboxylic acids is 1. The number of aryl methyl sites for hydroxylation is 1. The summed E-state index contributed by atoms with van der Waals surface area (Å²) in [7, 11) is 0. The predicted molar refractivity (Wildman–Crippen MR) is 87.3 cm³/mol. The van der Waals surface area contributed by atoms with Gasteiger partial charge < -0.3 is 10.4 Å². The number of hydrogen-bond acceptors (Lipinski definition) is 3. The number of anilines is 1. The molecular weight excluding hydrogens is 355 g/mol. The van der Waals surface area contributed by atoms with Gasteiger partial charge in [0.25, 0.3) is 5.91 Å². The molecule has 0 saturated carbocycles. The molecule has 0 fully saturated rings. The molecule has 1 aromatic heterocycles. The lowest BCUT2D eigenvalue weighted by atomic mass is 9.95. The smallest absolute Gasteiger partial charge is 0.416 e. The van der Waals surface area contributed by atoms with Crippen molar-refractivity contribution in [2.45, 2.75) is 31.9 Å². The Bertz CT molecular complexity index is 842. The van der Waals surface area contributed by atoms with Crippen LogP contribution in [0, 0.1) is 0 Å². The van der Waals surface area contributed by atoms with Gasteiger partial charge in [0.2, 0.25) is 0 Å². The predicted octanol–water partition coefficient (Wildman–Crippen LogP) is 4.60. The first-order valence-electron chi connectivity index (χ1n) is 7.64. The molecule has 3 rings (SSSR count). The zero-order chi connectivity index (χ0) is 18.2. The van der Waals surface area contributed by atoms with Gasteiger partial charge in [-0.15, -0.1) is 11.3 Å². The van der Waals surface area contributed by atoms with Gasteiger partial charge in [-0.05, 0) is 49.4 Å². The van der Waals surface area contributed by atoms with Crippen LogP contribution in [-0.2, 0) is 19.0 Å². The second kappa shape index (κ2) is 6.51. The van der Waals surface area contributed by atoms with E-state index in [0.29, 0.717) is 6.42 Å². The zero-order valence-electron chi connectivity index (χ0n) is 12.9. The summed E-state index contributed by atoms with van der Waals surface area (Å²) in [5, 5.41) is 12.1. The minimum Gasteiger partial charge on any atom is -0.478 e. The Balaban J connectivity index is 1.91. The van der Waals surface area contributed by atoms with Crippen LogP contribution in [0.5, 0.6) is 0 Å². The number of halogens is 3. The molecule has 0 saturated heterocycles. The number of rotatable bonds is 3. The highest BCUT2D eigenvalue weighted by molar-refractivity contribution is 7.17. The molecule has 2 aromatic rings. The zero-order valence-corrected chi connectivity index (χ0v) is 13.8. The maximum atomic E-state index is 12.8. The van der Waals surface area contributed by atoms with Gasteiger partial charge in [0.1, 0.15) is 5.00 Å². The summed E-state index contributed by atoms with van der Waals surface area (Å²) in [5.74, 6) is -1.90. The SMILES string of the molecule is O=C(Nc1sc2c(c1C(=O)O)CCCC2)c1cccc(C(F)(F)F)c1. The van der Waals surface area contributed by atoms with Gasteiger partial charge in [-0.2, -0.15) is 13.2 Å². The number of alkyl halides is 3. The summed E-state index contributed by atoms with van der Waals surface area (Å²) >= 11 is 1.19. The van der Waals surface area contributed by atoms with Crippen LogP contribution in [0.4, 0.5) is 18.2 Å². The van der Waals surface area contributed by atoms with Crippen molar-refractivity contribution in [1.82, 2.24) is 0 Å². The van der Waals surface area contributed by atoms with E-state index in [1.807, 2.05) is 0 Å². The Labute approximate surface area is 145 Å². The summed E-state index contributed by atoms with van der Waals surface area (Å²) in [6, 6.07) is 4.04. The first kappa shape index (κ1) is 17.5. The topological polar surface area (TPSA) is 66.4 Å². The molecule has 132 valence electrons. The lowest BCUT2D eigenvalue weighted by molar-refractivity contribution is -0.137. The van der Waals surface area contributed by atoms with Crippen LogP contribution in [0.25, 0.3) is 0 Å². The number of fused-ring (bicyclic) bond motifs is 1. The molecule has 0 bridgehead atoms. The minimum atomic E-state index is -4.55. The molecule has 0 unspecified atom stereocenters. The highest BCUT2D eigenvalue weighted by Crippen LogP contribution is 2.38. The van der Waals surface area contributed by atoms with Gasteiger partial charge in [0.15, 0.2) is 0 Å². The molecule has 25 heavy (non-hydrogen) atoms. The second-order valence-electron chi connectivity index (χ2n) is 5.75. The number of thiophene rings is 1. The molecule has 0 atom stereocenters. The van der Waals surface area contributed by atoms with Crippen molar-refractivity contribution in [3.8, 4) is 0 Å². The van der Waals surface area contributed by atoms with E-state index in [1.165, 1.54) is 17.4 Å². The Kier molecular flexibility index (Phi) is 4.55. The third-order valence-electron chi connectivity index (χ3n) is 4.06. The van der Waals surface area contributed by atoms with Gasteiger partial charge in [-0.1, -0.05) is 6.07 Å². The molecule has 2 N–H and O–H groups in total. The summed E-state index contributed by atoms with van der Waals surface area (Å²) in [6.45, 7) is 0. The maximum absolute atomic E-state index is 12.8. The highest BCUT2D eigenvalue weighted by Gasteiger charge is 2.31. The van der Waals surface area contributed by atoms with Gasteiger partial charge in [0.05, 0.1) is 11.1 Å². The Morgan fingerprint density at radius 2 is 1.88 bits per heavy atom. The normalized spacial score (nSPS) is 14.0. The molecule has 0 spiro atoms. The van der Waals surface area contributed by atoms with Crippen LogP contribution >= 0.6 is 11.3 Å². The molecule has 1 amide bonds. The number of hydrogen-bond donors (Lipinski definition) is 2. The molecule has 1 aliphatic carbocycles. The summed E-state index contributed by atoms with van der Waals surface area (Å²) in [5.41, 5.74) is -0.315. The number of amides is 1. The van der Waals surface area contributed by atoms with Crippen LogP contribution in [0.1, 0.15) is 49.6 Å². The van der Waals surface area contributed by atoms with Gasteiger partial charge in [-0.3, -0.25) is 4.79 Å². The molecule has 4 nitrogen and oxygen atoms in total. The third-order valence-corrected chi connectivity index (χ3v) is 5.27. The van der Waals surface area contributed by atoms with E-state index < -0.39 is 23.6 Å². The number of carbonyl (C=O) groups excluding carboxylic acids is 1. The molecule has 0 aliphatic heterocycles. The van der Waals surface area contributed by atoms with Crippen molar-refractivity contribution in [3.05, 3.63) is 51.4 Å². The second-order valence-corrected chi connectivity index (χ2v) is 6.86. The first-order valence-corrected chi connectivity index (χ1v) is 8.45. The minimum absolute atomic E-state index is 0.0556. The molecular formula is C17H14F3NO3S. The van der Waals surface area contributed by atoms with Crippen LogP contribution in [0.15, 0.2) is 24.3 Å². The number of benzene rings is 1. The van der Waals surface area contributed by atoms with E-state index >= 15 is 0 Å². The highest BCUT2D eigenvalue weighted by atomic mass is 32.1. The monoisotopic (exact) mass is 369 g/mol. The Morgan fingerprint density at radius 1 is 1.16 bits per heavy atom. The van der Waals surface area contributed by atoms with Crippen LogP contribution in [0.2, 0.25) is 0 Å². The Morgan fingerprint density at radius 3 is 2.56 bits per heavy atom. The van der Waals surface area contributed by atoms with E-state index in [2.05, 4.69) is 5.32 Å². The summed E-state index contributed by atoms with van der Waals surface area (Å²) in [6.07, 6.45) is -1.34. The van der Waals surface area contributed by atoms with Crippen molar-refractivity contribution < 1.29 is 27.9 Å². The average Bonchev–Trinajstić information content (AvgIpc) is 2.92. The van der Waals surface area contributed by atoms with Crippen molar-refractivity contribution in [1.29, 1.82) is 0 Å². The fraction of sp³-hybridized carbons (Fsp3) is 0.294. The summed E-state index contributed by atoms with van der Waals surface area (Å²) < 4.78 is 38.3. The average molecular weight is 369 g/mol. The van der Waals surface area contributed by atoms with Gasteiger partial charge in [-0.25, -0.2) is 4.79 Å². The van der Waals surface area contributed by atoms with Gasteiger partial charge >= 0.3 is 12.1 Å². The maximum Gasteiger partial charge on any atom is 0.416 e. The number of aromatic carboxylic acids is 1. The molecule has 8 heteroatoms. The lowest BCUT2D eigenvalue weighted by Gasteiger charge is -2.11. The Hall–Kier alpha value is -2.35. The standard InChI is InChI=1S/C17H14F3NO3S/c18-17(19,20)10-5-3-4-9(8-10)14(22)21-15-13(16(23)24)11-6-1-2-7-12(11)25-15/h3-5,8H,1-2,6-7H2,(H,21,22)(H,23,24). The number of nitrogens with one attached hydrogen (secondary N) is 1. The van der Waals surface area contributed by atoms with E-state index in [1.54, 1.807) is 0 Å². The van der Waals surface area contributed by atoms with E-state index in [0.717, 1.165) is 47.9 Å². The van der Waals surface area contributed by atoms with Crippen LogP contribution in [-0.4, -0.2) is 17.0 Å². The fourth-order valence-electron chi connectivity index (χ4n) is 2.89. The van der Waals surface area contributed by atoms with E-state index in [-0.39, 0.29) is 16.1 Å². The molecule has 1 aliphatic rings. The third kappa shape index (κ3) is 3.53. The summed E-state index contributed by atoms with van der Waals surface area (Å²) in [4.78, 5) is 24.8. The molecule has 1 heterocycles. The van der Waals surface area contributed by atoms with Crippen molar-refractivity contribution in [2.75, 3.05) is 5.32 Å². The van der Waals surface area contributed by atoms with Crippen molar-refractivity contribution in [3.63, 3.8) is 0 Å². The van der Waals surface area contributed by atoms with Crippen molar-refractivity contribution >= 4 is 28.2 Å². The molecule has 1 aromatic carbocycles. The largest absolute Gasteiger partial charge is 0.478 e. The van der Waals surface area contributed by atoms with Crippen molar-refractivity contribution in [2.24, 2.45) is 0 Å². The van der Waals surface area contributed by atoms with Crippen LogP contribution < -0.4 is 5.32 Å². The van der Waals surface area contributed by atoms with Crippen LogP contribution in [0.3, 0.4) is 0 Å². The van der Waals surface area contributed by atoms with Gasteiger partial charge in [0, 0.05) is 10.4 Å². The quantitative estimate of drug-likeness (QED) is 0.831. The lowest BCUT2D eigenvalue weighted by Crippen LogP contribution is -2.15.